The Labute approximate surface area is 200 Å². The largest absolute Gasteiger partial charge is 0.338 e. The molecule has 34 heavy (non-hydrogen) atoms. The summed E-state index contributed by atoms with van der Waals surface area (Å²) in [5, 5.41) is 6.50. The Kier molecular flexibility index (Phi) is 5.57. The van der Waals surface area contributed by atoms with E-state index in [2.05, 4.69) is 5.32 Å². The van der Waals surface area contributed by atoms with Crippen LogP contribution in [-0.2, 0) is 15.1 Å². The number of nitrogens with zero attached hydrogens (tertiary/aromatic N) is 3. The third-order valence-corrected chi connectivity index (χ3v) is 7.41. The highest BCUT2D eigenvalue weighted by Crippen LogP contribution is 2.33. The SMILES string of the molecule is C[C@@]1(c2cccc3ccccc23)NC(=O)N(CC(=O)N2CCN(C(=O)c3cccs3)CC2)C1=O. The lowest BCUT2D eigenvalue weighted by molar-refractivity contribution is -0.139. The molecule has 2 aliphatic rings. The maximum Gasteiger partial charge on any atom is 0.325 e. The van der Waals surface area contributed by atoms with Gasteiger partial charge in [0.25, 0.3) is 11.8 Å². The smallest absolute Gasteiger partial charge is 0.325 e. The Bertz CT molecular complexity index is 1280. The van der Waals surface area contributed by atoms with Crippen LogP contribution >= 0.6 is 11.3 Å². The summed E-state index contributed by atoms with van der Waals surface area (Å²) in [5.41, 5.74) is -0.566. The molecule has 5 amide bonds. The second kappa shape index (κ2) is 8.57. The predicted octanol–water partition coefficient (Wildman–Crippen LogP) is 2.65. The van der Waals surface area contributed by atoms with Crippen molar-refractivity contribution in [3.63, 3.8) is 0 Å². The van der Waals surface area contributed by atoms with Crippen LogP contribution in [0.1, 0.15) is 22.2 Å². The van der Waals surface area contributed by atoms with Gasteiger partial charge in [-0.15, -0.1) is 11.3 Å². The van der Waals surface area contributed by atoms with Gasteiger partial charge >= 0.3 is 6.03 Å². The molecule has 0 radical (unpaired) electrons. The minimum Gasteiger partial charge on any atom is -0.338 e. The normalized spacial score (nSPS) is 20.7. The minimum absolute atomic E-state index is 0.0398. The molecule has 1 aromatic heterocycles. The monoisotopic (exact) mass is 476 g/mol. The Balaban J connectivity index is 1.27. The van der Waals surface area contributed by atoms with E-state index in [-0.39, 0.29) is 18.4 Å². The number of nitrogens with one attached hydrogen (secondary N) is 1. The molecular weight excluding hydrogens is 452 g/mol. The molecule has 1 N–H and O–H groups in total. The zero-order valence-corrected chi connectivity index (χ0v) is 19.5. The van der Waals surface area contributed by atoms with Gasteiger partial charge in [0.2, 0.25) is 5.91 Å². The second-order valence-electron chi connectivity index (χ2n) is 8.62. The van der Waals surface area contributed by atoms with Crippen molar-refractivity contribution in [3.05, 3.63) is 70.4 Å². The molecule has 0 unspecified atom stereocenters. The molecule has 3 heterocycles. The second-order valence-corrected chi connectivity index (χ2v) is 9.57. The van der Waals surface area contributed by atoms with E-state index >= 15 is 0 Å². The van der Waals surface area contributed by atoms with Crippen molar-refractivity contribution in [2.45, 2.75) is 12.5 Å². The van der Waals surface area contributed by atoms with E-state index in [0.29, 0.717) is 36.6 Å². The van der Waals surface area contributed by atoms with E-state index in [0.717, 1.165) is 15.7 Å². The number of hydrogen-bond acceptors (Lipinski definition) is 5. The molecule has 2 saturated heterocycles. The Morgan fingerprint density at radius 1 is 0.941 bits per heavy atom. The molecule has 0 spiro atoms. The topological polar surface area (TPSA) is 90.0 Å². The average Bonchev–Trinajstić information content (AvgIpc) is 3.47. The number of amides is 5. The molecule has 2 fully saturated rings. The average molecular weight is 477 g/mol. The van der Waals surface area contributed by atoms with Crippen molar-refractivity contribution in [1.82, 2.24) is 20.0 Å². The first kappa shape index (κ1) is 22.1. The number of urea groups is 1. The summed E-state index contributed by atoms with van der Waals surface area (Å²) in [7, 11) is 0. The third-order valence-electron chi connectivity index (χ3n) is 6.55. The van der Waals surface area contributed by atoms with Gasteiger partial charge in [0.1, 0.15) is 12.1 Å². The summed E-state index contributed by atoms with van der Waals surface area (Å²) < 4.78 is 0. The molecule has 2 aromatic carbocycles. The van der Waals surface area contributed by atoms with E-state index in [1.807, 2.05) is 53.9 Å². The van der Waals surface area contributed by atoms with Crippen LogP contribution in [0.4, 0.5) is 4.79 Å². The van der Waals surface area contributed by atoms with Gasteiger partial charge < -0.3 is 15.1 Å². The molecule has 8 nitrogen and oxygen atoms in total. The number of piperazine rings is 1. The number of thiophene rings is 1. The van der Waals surface area contributed by atoms with Crippen LogP contribution in [0.15, 0.2) is 60.0 Å². The van der Waals surface area contributed by atoms with Crippen LogP contribution in [0.3, 0.4) is 0 Å². The van der Waals surface area contributed by atoms with Crippen LogP contribution in [-0.4, -0.2) is 71.2 Å². The molecular formula is C25H24N4O4S. The van der Waals surface area contributed by atoms with Crippen molar-refractivity contribution in [2.75, 3.05) is 32.7 Å². The highest BCUT2D eigenvalue weighted by atomic mass is 32.1. The van der Waals surface area contributed by atoms with E-state index in [1.54, 1.807) is 22.8 Å². The molecule has 0 saturated carbocycles. The Morgan fingerprint density at radius 3 is 2.38 bits per heavy atom. The maximum atomic E-state index is 13.4. The van der Waals surface area contributed by atoms with Gasteiger partial charge in [-0.2, -0.15) is 0 Å². The number of fused-ring (bicyclic) bond motifs is 1. The van der Waals surface area contributed by atoms with E-state index < -0.39 is 17.5 Å². The molecule has 174 valence electrons. The van der Waals surface area contributed by atoms with E-state index in [9.17, 15) is 19.2 Å². The summed E-state index contributed by atoms with van der Waals surface area (Å²) in [6.45, 7) is 2.89. The first-order valence-electron chi connectivity index (χ1n) is 11.1. The van der Waals surface area contributed by atoms with Gasteiger partial charge in [-0.05, 0) is 34.7 Å². The number of hydrogen-bond donors (Lipinski definition) is 1. The van der Waals surface area contributed by atoms with Gasteiger partial charge in [0.05, 0.1) is 4.88 Å². The van der Waals surface area contributed by atoms with Crippen molar-refractivity contribution in [3.8, 4) is 0 Å². The summed E-state index contributed by atoms with van der Waals surface area (Å²) in [6, 6.07) is 16.4. The molecule has 1 atom stereocenters. The number of rotatable bonds is 4. The van der Waals surface area contributed by atoms with Gasteiger partial charge in [0.15, 0.2) is 0 Å². The van der Waals surface area contributed by atoms with E-state index in [4.69, 9.17) is 0 Å². The molecule has 0 bridgehead atoms. The van der Waals surface area contributed by atoms with Crippen LogP contribution in [0.25, 0.3) is 10.8 Å². The highest BCUT2D eigenvalue weighted by molar-refractivity contribution is 7.12. The first-order chi connectivity index (χ1) is 16.4. The lowest BCUT2D eigenvalue weighted by Crippen LogP contribution is -2.53. The number of carbonyl (C=O) groups is 4. The molecule has 9 heteroatoms. The van der Waals surface area contributed by atoms with Gasteiger partial charge in [-0.25, -0.2) is 4.79 Å². The summed E-state index contributed by atoms with van der Waals surface area (Å²) >= 11 is 1.39. The van der Waals surface area contributed by atoms with Crippen molar-refractivity contribution in [2.24, 2.45) is 0 Å². The fraction of sp³-hybridized carbons (Fsp3) is 0.280. The number of imide groups is 1. The van der Waals surface area contributed by atoms with Gasteiger partial charge in [0, 0.05) is 26.2 Å². The van der Waals surface area contributed by atoms with Crippen molar-refractivity contribution >= 4 is 45.9 Å². The lowest BCUT2D eigenvalue weighted by atomic mass is 9.88. The fourth-order valence-electron chi connectivity index (χ4n) is 4.63. The quantitative estimate of drug-likeness (QED) is 0.587. The van der Waals surface area contributed by atoms with Crippen LogP contribution < -0.4 is 5.32 Å². The summed E-state index contributed by atoms with van der Waals surface area (Å²) in [4.78, 5) is 56.6. The Hall–Kier alpha value is -3.72. The minimum atomic E-state index is -1.26. The fourth-order valence-corrected chi connectivity index (χ4v) is 5.33. The first-order valence-corrected chi connectivity index (χ1v) is 12.0. The summed E-state index contributed by atoms with van der Waals surface area (Å²) in [6.07, 6.45) is 0. The zero-order chi connectivity index (χ0) is 23.9. The zero-order valence-electron chi connectivity index (χ0n) is 18.7. The Morgan fingerprint density at radius 2 is 1.65 bits per heavy atom. The molecule has 2 aliphatic heterocycles. The van der Waals surface area contributed by atoms with Crippen LogP contribution in [0, 0.1) is 0 Å². The number of carbonyl (C=O) groups excluding carboxylic acids is 4. The molecule has 5 rings (SSSR count). The van der Waals surface area contributed by atoms with Crippen LogP contribution in [0.2, 0.25) is 0 Å². The third kappa shape index (κ3) is 3.71. The van der Waals surface area contributed by atoms with Gasteiger partial charge in [-0.1, -0.05) is 48.5 Å². The van der Waals surface area contributed by atoms with Crippen molar-refractivity contribution < 1.29 is 19.2 Å². The summed E-state index contributed by atoms with van der Waals surface area (Å²) in [5.74, 6) is -0.801. The van der Waals surface area contributed by atoms with E-state index in [1.165, 1.54) is 11.3 Å². The number of benzene rings is 2. The van der Waals surface area contributed by atoms with Crippen molar-refractivity contribution in [1.29, 1.82) is 0 Å². The standard InChI is InChI=1S/C25H24N4O4S/c1-25(19-9-4-7-17-6-2-3-8-18(17)19)23(32)29(24(33)26-25)16-21(30)27-11-13-28(14-12-27)22(31)20-10-5-15-34-20/h2-10,15H,11-14,16H2,1H3,(H,26,33)/t25-/m0/s1. The predicted molar refractivity (Wildman–Crippen MR) is 128 cm³/mol. The molecule has 3 aromatic rings. The van der Waals surface area contributed by atoms with Gasteiger partial charge in [-0.3, -0.25) is 19.3 Å². The maximum absolute atomic E-state index is 13.4. The van der Waals surface area contributed by atoms with Crippen LogP contribution in [0.5, 0.6) is 0 Å². The lowest BCUT2D eigenvalue weighted by Gasteiger charge is -2.35. The highest BCUT2D eigenvalue weighted by Gasteiger charge is 2.50. The molecule has 0 aliphatic carbocycles.